The van der Waals surface area contributed by atoms with Crippen LogP contribution in [0.15, 0.2) is 72.8 Å². The van der Waals surface area contributed by atoms with E-state index in [0.717, 1.165) is 31.7 Å². The van der Waals surface area contributed by atoms with Crippen molar-refractivity contribution in [2.24, 2.45) is 0 Å². The van der Waals surface area contributed by atoms with Gasteiger partial charge in [0.15, 0.2) is 0 Å². The minimum absolute atomic E-state index is 0.181. The van der Waals surface area contributed by atoms with Crippen LogP contribution in [0, 0.1) is 5.82 Å². The number of benzene rings is 3. The van der Waals surface area contributed by atoms with Gasteiger partial charge in [0, 0.05) is 32.2 Å². The fourth-order valence-electron chi connectivity index (χ4n) is 4.28. The van der Waals surface area contributed by atoms with Crippen molar-refractivity contribution < 1.29 is 4.39 Å². The van der Waals surface area contributed by atoms with E-state index < -0.39 is 0 Å². The lowest BCUT2D eigenvalue weighted by atomic mass is 9.90. The van der Waals surface area contributed by atoms with E-state index in [-0.39, 0.29) is 11.9 Å². The molecule has 0 saturated carbocycles. The third-order valence-electron chi connectivity index (χ3n) is 5.82. The summed E-state index contributed by atoms with van der Waals surface area (Å²) in [6, 6.07) is 24.6. The molecule has 1 heterocycles. The average molecular weight is 389 g/mol. The van der Waals surface area contributed by atoms with E-state index in [1.165, 1.54) is 22.3 Å². The second-order valence-corrected chi connectivity index (χ2v) is 8.19. The molecule has 0 bridgehead atoms. The molecule has 4 rings (SSSR count). The lowest BCUT2D eigenvalue weighted by Crippen LogP contribution is -2.45. The Hall–Kier alpha value is -2.49. The molecule has 1 aliphatic heterocycles. The van der Waals surface area contributed by atoms with Gasteiger partial charge in [-0.1, -0.05) is 74.5 Å². The molecule has 29 heavy (non-hydrogen) atoms. The Labute approximate surface area is 173 Å². The number of halogens is 1. The molecule has 3 aromatic carbocycles. The van der Waals surface area contributed by atoms with Gasteiger partial charge in [0.1, 0.15) is 5.82 Å². The first kappa shape index (κ1) is 19.8. The summed E-state index contributed by atoms with van der Waals surface area (Å²) in [5.41, 5.74) is 6.57. The normalized spacial score (nSPS) is 17.6. The van der Waals surface area contributed by atoms with Gasteiger partial charge in [-0.25, -0.2) is 4.39 Å². The van der Waals surface area contributed by atoms with Crippen LogP contribution >= 0.6 is 0 Å². The zero-order chi connectivity index (χ0) is 20.2. The van der Waals surface area contributed by atoms with Gasteiger partial charge in [0.2, 0.25) is 0 Å². The summed E-state index contributed by atoms with van der Waals surface area (Å²) in [5.74, 6) is 0.306. The van der Waals surface area contributed by atoms with E-state index in [0.29, 0.717) is 5.92 Å². The Morgan fingerprint density at radius 1 is 0.931 bits per heavy atom. The van der Waals surface area contributed by atoms with E-state index in [1.807, 2.05) is 12.1 Å². The van der Waals surface area contributed by atoms with Crippen LogP contribution in [-0.2, 0) is 6.54 Å². The number of nitrogens with zero attached hydrogens (tertiary/aromatic N) is 1. The minimum Gasteiger partial charge on any atom is -0.308 e. The average Bonchev–Trinajstić information content (AvgIpc) is 2.75. The standard InChI is InChI=1S/C26H29FN2/c1-19(2)23-8-5-6-10-25(23)24-9-4-3-7-21(24)17-29-16-15-28-26(18-29)20-11-13-22(27)14-12-20/h3-14,19,26,28H,15-18H2,1-2H3/t26-/m1/s1. The third kappa shape index (κ3) is 4.58. The summed E-state index contributed by atoms with van der Waals surface area (Å²) in [5, 5.41) is 3.58. The Morgan fingerprint density at radius 2 is 1.62 bits per heavy atom. The predicted molar refractivity (Wildman–Crippen MR) is 118 cm³/mol. The van der Waals surface area contributed by atoms with Crippen molar-refractivity contribution in [3.63, 3.8) is 0 Å². The second kappa shape index (κ2) is 8.89. The Morgan fingerprint density at radius 3 is 2.38 bits per heavy atom. The fourth-order valence-corrected chi connectivity index (χ4v) is 4.28. The number of nitrogens with one attached hydrogen (secondary N) is 1. The highest BCUT2D eigenvalue weighted by Gasteiger charge is 2.22. The molecule has 0 spiro atoms. The molecule has 3 aromatic rings. The van der Waals surface area contributed by atoms with Crippen LogP contribution in [0.2, 0.25) is 0 Å². The van der Waals surface area contributed by atoms with Crippen molar-refractivity contribution >= 4 is 0 Å². The highest BCUT2D eigenvalue weighted by molar-refractivity contribution is 5.71. The molecule has 0 radical (unpaired) electrons. The predicted octanol–water partition coefficient (Wildman–Crippen LogP) is 5.76. The van der Waals surface area contributed by atoms with Crippen LogP contribution in [0.3, 0.4) is 0 Å². The maximum absolute atomic E-state index is 13.3. The first-order chi connectivity index (χ1) is 14.1. The summed E-state index contributed by atoms with van der Waals surface area (Å²) >= 11 is 0. The molecular formula is C26H29FN2. The van der Waals surface area contributed by atoms with Crippen molar-refractivity contribution in [3.8, 4) is 11.1 Å². The Bertz CT molecular complexity index is 949. The van der Waals surface area contributed by atoms with Gasteiger partial charge >= 0.3 is 0 Å². The lowest BCUT2D eigenvalue weighted by Gasteiger charge is -2.34. The molecule has 1 atom stereocenters. The van der Waals surface area contributed by atoms with E-state index in [1.54, 1.807) is 12.1 Å². The molecule has 1 N–H and O–H groups in total. The van der Waals surface area contributed by atoms with Crippen LogP contribution in [0.5, 0.6) is 0 Å². The van der Waals surface area contributed by atoms with Crippen LogP contribution in [-0.4, -0.2) is 24.5 Å². The van der Waals surface area contributed by atoms with Crippen molar-refractivity contribution in [2.45, 2.75) is 32.4 Å². The quantitative estimate of drug-likeness (QED) is 0.597. The minimum atomic E-state index is -0.181. The van der Waals surface area contributed by atoms with Gasteiger partial charge in [-0.15, -0.1) is 0 Å². The summed E-state index contributed by atoms with van der Waals surface area (Å²) in [7, 11) is 0. The van der Waals surface area contributed by atoms with Crippen LogP contribution in [0.4, 0.5) is 4.39 Å². The van der Waals surface area contributed by atoms with E-state index in [2.05, 4.69) is 72.6 Å². The topological polar surface area (TPSA) is 15.3 Å². The van der Waals surface area contributed by atoms with Crippen LogP contribution < -0.4 is 5.32 Å². The third-order valence-corrected chi connectivity index (χ3v) is 5.82. The molecule has 0 unspecified atom stereocenters. The van der Waals surface area contributed by atoms with E-state index >= 15 is 0 Å². The number of rotatable bonds is 5. The molecule has 2 nitrogen and oxygen atoms in total. The van der Waals surface area contributed by atoms with Gasteiger partial charge < -0.3 is 5.32 Å². The molecule has 0 aromatic heterocycles. The SMILES string of the molecule is CC(C)c1ccccc1-c1ccccc1CN1CCN[C@@H](c2ccc(F)cc2)C1. The van der Waals surface area contributed by atoms with Crippen molar-refractivity contribution in [2.75, 3.05) is 19.6 Å². The van der Waals surface area contributed by atoms with Crippen LogP contribution in [0.1, 0.15) is 42.5 Å². The van der Waals surface area contributed by atoms with E-state index in [4.69, 9.17) is 0 Å². The highest BCUT2D eigenvalue weighted by Crippen LogP contribution is 2.32. The van der Waals surface area contributed by atoms with Crippen molar-refractivity contribution in [1.29, 1.82) is 0 Å². The molecule has 1 fully saturated rings. The van der Waals surface area contributed by atoms with Gasteiger partial charge in [0.25, 0.3) is 0 Å². The molecule has 150 valence electrons. The van der Waals surface area contributed by atoms with Gasteiger partial charge in [-0.3, -0.25) is 4.90 Å². The number of hydrogen-bond donors (Lipinski definition) is 1. The smallest absolute Gasteiger partial charge is 0.123 e. The molecule has 0 amide bonds. The van der Waals surface area contributed by atoms with Crippen molar-refractivity contribution in [3.05, 3.63) is 95.3 Å². The monoisotopic (exact) mass is 388 g/mol. The summed E-state index contributed by atoms with van der Waals surface area (Å²) in [6.07, 6.45) is 0. The highest BCUT2D eigenvalue weighted by atomic mass is 19.1. The van der Waals surface area contributed by atoms with E-state index in [9.17, 15) is 4.39 Å². The largest absolute Gasteiger partial charge is 0.308 e. The lowest BCUT2D eigenvalue weighted by molar-refractivity contribution is 0.193. The van der Waals surface area contributed by atoms with Crippen molar-refractivity contribution in [1.82, 2.24) is 10.2 Å². The second-order valence-electron chi connectivity index (χ2n) is 8.19. The summed E-state index contributed by atoms with van der Waals surface area (Å²) < 4.78 is 13.3. The first-order valence-electron chi connectivity index (χ1n) is 10.5. The Kier molecular flexibility index (Phi) is 6.08. The maximum Gasteiger partial charge on any atom is 0.123 e. The van der Waals surface area contributed by atoms with Gasteiger partial charge in [-0.05, 0) is 45.9 Å². The molecule has 3 heteroatoms. The summed E-state index contributed by atoms with van der Waals surface area (Å²) in [6.45, 7) is 8.30. The number of piperazine rings is 1. The summed E-state index contributed by atoms with van der Waals surface area (Å²) in [4.78, 5) is 2.50. The molecule has 1 aliphatic rings. The zero-order valence-corrected chi connectivity index (χ0v) is 17.2. The van der Waals surface area contributed by atoms with Gasteiger partial charge in [0.05, 0.1) is 0 Å². The fraction of sp³-hybridized carbons (Fsp3) is 0.308. The molecule has 1 saturated heterocycles. The molecular weight excluding hydrogens is 359 g/mol. The zero-order valence-electron chi connectivity index (χ0n) is 17.2. The Balaban J connectivity index is 1.57. The number of hydrogen-bond acceptors (Lipinski definition) is 2. The first-order valence-corrected chi connectivity index (χ1v) is 10.5. The maximum atomic E-state index is 13.3. The molecule has 0 aliphatic carbocycles. The van der Waals surface area contributed by atoms with Gasteiger partial charge in [-0.2, -0.15) is 0 Å². The van der Waals surface area contributed by atoms with Crippen LogP contribution in [0.25, 0.3) is 11.1 Å².